The average Bonchev–Trinajstić information content (AvgIpc) is 3.35. The zero-order valence-corrected chi connectivity index (χ0v) is 21.7. The molecule has 1 fully saturated rings. The summed E-state index contributed by atoms with van der Waals surface area (Å²) >= 11 is 0. The molecule has 2 aliphatic rings. The largest absolute Gasteiger partial charge is 0.491 e. The van der Waals surface area contributed by atoms with Crippen LogP contribution in [0.5, 0.6) is 11.5 Å². The van der Waals surface area contributed by atoms with Gasteiger partial charge < -0.3 is 19.3 Å². The molecule has 4 heteroatoms. The Bertz CT molecular complexity index is 1130. The third-order valence-electron chi connectivity index (χ3n) is 7.30. The van der Waals surface area contributed by atoms with E-state index in [-0.39, 0.29) is 30.3 Å². The molecule has 5 rings (SSSR count). The Morgan fingerprint density at radius 3 is 2.25 bits per heavy atom. The van der Waals surface area contributed by atoms with Crippen molar-refractivity contribution in [3.05, 3.63) is 95.1 Å². The first-order chi connectivity index (χ1) is 17.4. The van der Waals surface area contributed by atoms with Gasteiger partial charge in [-0.3, -0.25) is 0 Å². The van der Waals surface area contributed by atoms with E-state index >= 15 is 0 Å². The summed E-state index contributed by atoms with van der Waals surface area (Å²) < 4.78 is 18.0. The second-order valence-electron chi connectivity index (χ2n) is 11.1. The van der Waals surface area contributed by atoms with Crippen LogP contribution in [0.4, 0.5) is 0 Å². The lowest BCUT2D eigenvalue weighted by Crippen LogP contribution is -2.24. The van der Waals surface area contributed by atoms with Crippen molar-refractivity contribution in [2.24, 2.45) is 0 Å². The maximum Gasteiger partial charge on any atom is 0.120 e. The third kappa shape index (κ3) is 5.77. The van der Waals surface area contributed by atoms with Crippen LogP contribution in [-0.4, -0.2) is 36.1 Å². The molecule has 1 N–H and O–H groups in total. The van der Waals surface area contributed by atoms with Crippen LogP contribution in [0.3, 0.4) is 0 Å². The molecule has 190 valence electrons. The molecule has 1 aliphatic heterocycles. The van der Waals surface area contributed by atoms with Crippen LogP contribution in [-0.2, 0) is 11.2 Å². The van der Waals surface area contributed by atoms with Crippen molar-refractivity contribution < 1.29 is 19.3 Å². The van der Waals surface area contributed by atoms with Crippen LogP contribution in [0.2, 0.25) is 0 Å². The van der Waals surface area contributed by atoms with E-state index in [0.717, 1.165) is 37.2 Å². The fourth-order valence-electron chi connectivity index (χ4n) is 5.68. The summed E-state index contributed by atoms with van der Waals surface area (Å²) in [5.74, 6) is 2.50. The smallest absolute Gasteiger partial charge is 0.120 e. The Morgan fingerprint density at radius 2 is 1.56 bits per heavy atom. The lowest BCUT2D eigenvalue weighted by molar-refractivity contribution is -0.00722. The molecule has 3 aromatic rings. The SMILES string of the molecule is CC(C)(C)Oc1ccc2c(c1)CC[C@H](c1ccccc1)[C@@H]2c1ccc(OCC2CC[C@H](CO)O2)cc1. The maximum atomic E-state index is 9.29. The first-order valence-corrected chi connectivity index (χ1v) is 13.3. The van der Waals surface area contributed by atoms with E-state index in [4.69, 9.17) is 14.2 Å². The third-order valence-corrected chi connectivity index (χ3v) is 7.30. The molecule has 1 heterocycles. The predicted molar refractivity (Wildman–Crippen MR) is 143 cm³/mol. The van der Waals surface area contributed by atoms with E-state index in [2.05, 4.69) is 93.6 Å². The Labute approximate surface area is 215 Å². The molecule has 1 saturated heterocycles. The average molecular weight is 487 g/mol. The molecule has 0 aromatic heterocycles. The highest BCUT2D eigenvalue weighted by atomic mass is 16.5. The highest BCUT2D eigenvalue weighted by Gasteiger charge is 2.32. The number of aliphatic hydroxyl groups is 1. The van der Waals surface area contributed by atoms with Gasteiger partial charge >= 0.3 is 0 Å². The molecular formula is C32H38O4. The van der Waals surface area contributed by atoms with Crippen molar-refractivity contribution in [1.82, 2.24) is 0 Å². The van der Waals surface area contributed by atoms with E-state index in [1.807, 2.05) is 0 Å². The standard InChI is InChI=1S/C32H38O4/c1-32(2,3)36-26-16-18-30-24(19-26)11-17-29(22-7-5-4-6-8-22)31(30)23-9-12-25(13-10-23)34-21-28-15-14-27(20-33)35-28/h4-10,12-13,16,18-19,27-29,31,33H,11,14-15,17,20-21H2,1-3H3/t27-,28?,29-,31+/m1/s1. The molecule has 0 radical (unpaired) electrons. The molecular weight excluding hydrogens is 448 g/mol. The second-order valence-corrected chi connectivity index (χ2v) is 11.1. The first-order valence-electron chi connectivity index (χ1n) is 13.3. The van der Waals surface area contributed by atoms with Crippen LogP contribution in [0.15, 0.2) is 72.8 Å². The van der Waals surface area contributed by atoms with E-state index in [1.54, 1.807) is 0 Å². The number of aliphatic hydroxyl groups excluding tert-OH is 1. The fraction of sp³-hybridized carbons (Fsp3) is 0.438. The molecule has 3 aromatic carbocycles. The van der Waals surface area contributed by atoms with Crippen molar-refractivity contribution in [2.45, 2.75) is 76.1 Å². The Balaban J connectivity index is 1.39. The monoisotopic (exact) mass is 486 g/mol. The van der Waals surface area contributed by atoms with Crippen molar-refractivity contribution in [3.63, 3.8) is 0 Å². The normalized spacial score (nSPS) is 23.8. The first kappa shape index (κ1) is 24.9. The van der Waals surface area contributed by atoms with Gasteiger partial charge in [-0.1, -0.05) is 48.5 Å². The summed E-state index contributed by atoms with van der Waals surface area (Å²) in [4.78, 5) is 0. The van der Waals surface area contributed by atoms with E-state index in [9.17, 15) is 5.11 Å². The summed E-state index contributed by atoms with van der Waals surface area (Å²) in [6.45, 7) is 6.88. The quantitative estimate of drug-likeness (QED) is 0.406. The highest BCUT2D eigenvalue weighted by Crippen LogP contribution is 2.47. The van der Waals surface area contributed by atoms with Gasteiger partial charge in [-0.05, 0) is 98.9 Å². The van der Waals surface area contributed by atoms with Gasteiger partial charge in [0.25, 0.3) is 0 Å². The van der Waals surface area contributed by atoms with Gasteiger partial charge in [0.05, 0.1) is 18.8 Å². The minimum Gasteiger partial charge on any atom is -0.491 e. The lowest BCUT2D eigenvalue weighted by Gasteiger charge is -2.35. The van der Waals surface area contributed by atoms with Gasteiger partial charge in [0.1, 0.15) is 23.7 Å². The molecule has 1 unspecified atom stereocenters. The minimum absolute atomic E-state index is 0.0448. The van der Waals surface area contributed by atoms with Crippen LogP contribution < -0.4 is 9.47 Å². The predicted octanol–water partition coefficient (Wildman–Crippen LogP) is 6.64. The highest BCUT2D eigenvalue weighted by molar-refractivity contribution is 5.48. The fourth-order valence-corrected chi connectivity index (χ4v) is 5.68. The molecule has 36 heavy (non-hydrogen) atoms. The molecule has 0 spiro atoms. The summed E-state index contributed by atoms with van der Waals surface area (Å²) in [7, 11) is 0. The molecule has 0 amide bonds. The Hall–Kier alpha value is -2.82. The van der Waals surface area contributed by atoms with Gasteiger partial charge in [0, 0.05) is 5.92 Å². The van der Waals surface area contributed by atoms with E-state index < -0.39 is 0 Å². The molecule has 4 atom stereocenters. The Morgan fingerprint density at radius 1 is 0.833 bits per heavy atom. The van der Waals surface area contributed by atoms with Crippen LogP contribution in [0.25, 0.3) is 0 Å². The number of hydrogen-bond acceptors (Lipinski definition) is 4. The van der Waals surface area contributed by atoms with Crippen molar-refractivity contribution in [3.8, 4) is 11.5 Å². The molecule has 0 bridgehead atoms. The zero-order chi connectivity index (χ0) is 25.1. The summed E-state index contributed by atoms with van der Waals surface area (Å²) in [5, 5.41) is 9.29. The Kier molecular flexibility index (Phi) is 7.36. The topological polar surface area (TPSA) is 47.9 Å². The van der Waals surface area contributed by atoms with Crippen molar-refractivity contribution in [1.29, 1.82) is 0 Å². The molecule has 1 aliphatic carbocycles. The van der Waals surface area contributed by atoms with E-state index in [1.165, 1.54) is 22.3 Å². The lowest BCUT2D eigenvalue weighted by atomic mass is 9.69. The zero-order valence-electron chi connectivity index (χ0n) is 21.7. The second kappa shape index (κ2) is 10.7. The molecule has 0 saturated carbocycles. The van der Waals surface area contributed by atoms with Crippen molar-refractivity contribution in [2.75, 3.05) is 13.2 Å². The maximum absolute atomic E-state index is 9.29. The van der Waals surface area contributed by atoms with Gasteiger partial charge in [0.15, 0.2) is 0 Å². The summed E-state index contributed by atoms with van der Waals surface area (Å²) in [6.07, 6.45) is 3.99. The van der Waals surface area contributed by atoms with Gasteiger partial charge in [-0.25, -0.2) is 0 Å². The number of hydrogen-bond donors (Lipinski definition) is 1. The number of benzene rings is 3. The van der Waals surface area contributed by atoms with Crippen LogP contribution >= 0.6 is 0 Å². The van der Waals surface area contributed by atoms with Gasteiger partial charge in [-0.15, -0.1) is 0 Å². The number of rotatable bonds is 7. The van der Waals surface area contributed by atoms with Crippen LogP contribution in [0.1, 0.15) is 74.1 Å². The van der Waals surface area contributed by atoms with Crippen molar-refractivity contribution >= 4 is 0 Å². The van der Waals surface area contributed by atoms with Gasteiger partial charge in [-0.2, -0.15) is 0 Å². The number of fused-ring (bicyclic) bond motifs is 1. The summed E-state index contributed by atoms with van der Waals surface area (Å²) in [6, 6.07) is 26.2. The number of ether oxygens (including phenoxy) is 3. The number of aryl methyl sites for hydroxylation is 1. The van der Waals surface area contributed by atoms with Gasteiger partial charge in [0.2, 0.25) is 0 Å². The minimum atomic E-state index is -0.215. The van der Waals surface area contributed by atoms with Crippen LogP contribution in [0, 0.1) is 0 Å². The summed E-state index contributed by atoms with van der Waals surface area (Å²) in [5.41, 5.74) is 5.25. The van der Waals surface area contributed by atoms with E-state index in [0.29, 0.717) is 12.5 Å². The molecule has 4 nitrogen and oxygen atoms in total.